The van der Waals surface area contributed by atoms with E-state index in [9.17, 15) is 19.5 Å². The minimum atomic E-state index is -0.698. The molecule has 2 unspecified atom stereocenters. The maximum Gasteiger partial charge on any atom is 0.311 e. The number of aliphatic hydroxyl groups excluding tert-OH is 1. The highest BCUT2D eigenvalue weighted by molar-refractivity contribution is 8.02. The molecular formula is C23H34N2O5S. The van der Waals surface area contributed by atoms with E-state index in [1.54, 1.807) is 34.6 Å². The molecule has 3 aliphatic rings. The van der Waals surface area contributed by atoms with E-state index in [1.807, 2.05) is 0 Å². The molecule has 1 spiro atoms. The Morgan fingerprint density at radius 1 is 1.42 bits per heavy atom. The summed E-state index contributed by atoms with van der Waals surface area (Å²) in [7, 11) is 0. The number of hydrogen-bond donors (Lipinski definition) is 1. The zero-order valence-electron chi connectivity index (χ0n) is 18.5. The fourth-order valence-corrected chi connectivity index (χ4v) is 7.59. The minimum Gasteiger partial charge on any atom is -0.461 e. The summed E-state index contributed by atoms with van der Waals surface area (Å²) in [5.74, 6) is -1.90. The first-order chi connectivity index (χ1) is 14.9. The van der Waals surface area contributed by atoms with Gasteiger partial charge in [-0.1, -0.05) is 32.1 Å². The first-order valence-corrected chi connectivity index (χ1v) is 12.0. The number of likely N-dealkylation sites (tertiary alicyclic amines) is 1. The van der Waals surface area contributed by atoms with Crippen molar-refractivity contribution in [1.82, 2.24) is 9.80 Å². The lowest BCUT2D eigenvalue weighted by Gasteiger charge is -2.38. The van der Waals surface area contributed by atoms with Gasteiger partial charge in [0.2, 0.25) is 11.8 Å². The number of unbranched alkanes of at least 4 members (excludes halogenated alkanes) is 1. The lowest BCUT2D eigenvalue weighted by Crippen LogP contribution is -2.57. The predicted molar refractivity (Wildman–Crippen MR) is 120 cm³/mol. The van der Waals surface area contributed by atoms with E-state index in [0.29, 0.717) is 19.5 Å². The van der Waals surface area contributed by atoms with Crippen molar-refractivity contribution < 1.29 is 24.2 Å². The van der Waals surface area contributed by atoms with Crippen LogP contribution < -0.4 is 0 Å². The van der Waals surface area contributed by atoms with Crippen molar-refractivity contribution in [2.45, 2.75) is 61.6 Å². The molecule has 0 saturated carbocycles. The monoisotopic (exact) mass is 450 g/mol. The van der Waals surface area contributed by atoms with Gasteiger partial charge < -0.3 is 19.6 Å². The molecule has 3 saturated heterocycles. The molecule has 3 rings (SSSR count). The minimum absolute atomic E-state index is 0.0309. The molecular weight excluding hydrogens is 416 g/mol. The summed E-state index contributed by atoms with van der Waals surface area (Å²) in [5.41, 5.74) is 0. The van der Waals surface area contributed by atoms with E-state index >= 15 is 0 Å². The molecule has 1 N–H and O–H groups in total. The summed E-state index contributed by atoms with van der Waals surface area (Å²) in [4.78, 5) is 43.7. The summed E-state index contributed by atoms with van der Waals surface area (Å²) in [6.45, 7) is 12.1. The molecule has 2 amide bonds. The lowest BCUT2D eigenvalue weighted by atomic mass is 9.71. The number of carbonyl (C=O) groups is 3. The van der Waals surface area contributed by atoms with Crippen LogP contribution >= 0.6 is 11.8 Å². The van der Waals surface area contributed by atoms with E-state index in [0.717, 1.165) is 19.3 Å². The maximum atomic E-state index is 13.9. The second-order valence-electron chi connectivity index (χ2n) is 8.68. The number of fused-ring (bicyclic) bond motifs is 1. The average Bonchev–Trinajstić information content (AvgIpc) is 3.41. The number of ether oxygens (including phenoxy) is 1. The van der Waals surface area contributed by atoms with Crippen molar-refractivity contribution in [3.63, 3.8) is 0 Å². The van der Waals surface area contributed by atoms with Crippen LogP contribution in [0.3, 0.4) is 0 Å². The smallest absolute Gasteiger partial charge is 0.311 e. The van der Waals surface area contributed by atoms with Crippen molar-refractivity contribution in [2.75, 3.05) is 26.3 Å². The van der Waals surface area contributed by atoms with Gasteiger partial charge in [-0.15, -0.1) is 18.3 Å². The predicted octanol–water partition coefficient (Wildman–Crippen LogP) is 2.00. The third-order valence-corrected chi connectivity index (χ3v) is 8.72. The summed E-state index contributed by atoms with van der Waals surface area (Å²) >= 11 is 1.61. The maximum absolute atomic E-state index is 13.9. The molecule has 3 heterocycles. The summed E-state index contributed by atoms with van der Waals surface area (Å²) in [6, 6.07) is -1.21. The Balaban J connectivity index is 2.00. The van der Waals surface area contributed by atoms with Gasteiger partial charge in [0.1, 0.15) is 12.6 Å². The number of rotatable bonds is 11. The van der Waals surface area contributed by atoms with Gasteiger partial charge >= 0.3 is 5.97 Å². The molecule has 31 heavy (non-hydrogen) atoms. The average molecular weight is 451 g/mol. The number of hydrogen-bond acceptors (Lipinski definition) is 6. The number of thioether (sulfide) groups is 1. The fourth-order valence-electron chi connectivity index (χ4n) is 5.41. The number of aliphatic hydroxyl groups is 1. The molecule has 2 bridgehead atoms. The molecule has 0 aromatic heterocycles. The summed E-state index contributed by atoms with van der Waals surface area (Å²) in [6.07, 6.45) is 6.49. The van der Waals surface area contributed by atoms with Crippen molar-refractivity contribution >= 4 is 29.5 Å². The van der Waals surface area contributed by atoms with Crippen LogP contribution in [0.15, 0.2) is 25.3 Å². The molecule has 0 aliphatic carbocycles. The SMILES string of the molecule is C=CCOC(=O)[C@@H]1[C@@H]2CCC3(S2)C(C(=O)N(CC=C)CCCC)N([C@H](C)CO)C(=O)[C@H]13. The zero-order valence-corrected chi connectivity index (χ0v) is 19.3. The highest BCUT2D eigenvalue weighted by Crippen LogP contribution is 2.66. The Morgan fingerprint density at radius 2 is 2.16 bits per heavy atom. The highest BCUT2D eigenvalue weighted by Gasteiger charge is 2.74. The Bertz CT molecular complexity index is 743. The second kappa shape index (κ2) is 9.77. The largest absolute Gasteiger partial charge is 0.461 e. The van der Waals surface area contributed by atoms with Crippen LogP contribution in [-0.4, -0.2) is 81.1 Å². The van der Waals surface area contributed by atoms with Gasteiger partial charge in [-0.25, -0.2) is 0 Å². The Kier molecular flexibility index (Phi) is 7.52. The fraction of sp³-hybridized carbons (Fsp3) is 0.696. The topological polar surface area (TPSA) is 87.2 Å². The molecule has 3 fully saturated rings. The molecule has 0 aromatic carbocycles. The Hall–Kier alpha value is -1.80. The van der Waals surface area contributed by atoms with Gasteiger partial charge in [0.05, 0.1) is 29.2 Å². The third-order valence-electron chi connectivity index (χ3n) is 6.77. The summed E-state index contributed by atoms with van der Waals surface area (Å²) in [5, 5.41) is 9.84. The van der Waals surface area contributed by atoms with Gasteiger partial charge in [0, 0.05) is 18.3 Å². The van der Waals surface area contributed by atoms with E-state index in [2.05, 4.69) is 20.1 Å². The van der Waals surface area contributed by atoms with Crippen LogP contribution in [-0.2, 0) is 19.1 Å². The van der Waals surface area contributed by atoms with E-state index in [-0.39, 0.29) is 30.3 Å². The van der Waals surface area contributed by atoms with Crippen molar-refractivity contribution in [3.8, 4) is 0 Å². The Labute approximate surface area is 188 Å². The van der Waals surface area contributed by atoms with Gasteiger partial charge in [-0.2, -0.15) is 0 Å². The standard InChI is InChI=1S/C23H34N2O5S/c1-5-8-12-24(11-6-2)21(28)19-23-10-9-16(31-23)17(22(29)30-13-7-3)18(23)20(27)25(19)15(4)14-26/h6-7,15-19,26H,2-3,5,8-14H2,1,4H3/t15-,16+,17-,18+,19?,23?/m1/s1. The van der Waals surface area contributed by atoms with Crippen LogP contribution in [0.2, 0.25) is 0 Å². The molecule has 3 aliphatic heterocycles. The van der Waals surface area contributed by atoms with Crippen LogP contribution in [0.1, 0.15) is 39.5 Å². The molecule has 0 aromatic rings. The zero-order chi connectivity index (χ0) is 22.8. The number of amides is 2. The van der Waals surface area contributed by atoms with Crippen molar-refractivity contribution in [1.29, 1.82) is 0 Å². The van der Waals surface area contributed by atoms with E-state index in [4.69, 9.17) is 4.74 Å². The van der Waals surface area contributed by atoms with Crippen molar-refractivity contribution in [2.24, 2.45) is 11.8 Å². The Morgan fingerprint density at radius 3 is 2.77 bits per heavy atom. The first kappa shape index (κ1) is 23.9. The molecule has 0 radical (unpaired) electrons. The third kappa shape index (κ3) is 3.93. The van der Waals surface area contributed by atoms with Crippen LogP contribution in [0, 0.1) is 11.8 Å². The van der Waals surface area contributed by atoms with Crippen LogP contribution in [0.5, 0.6) is 0 Å². The number of nitrogens with zero attached hydrogens (tertiary/aromatic N) is 2. The number of esters is 1. The van der Waals surface area contributed by atoms with Crippen LogP contribution in [0.4, 0.5) is 0 Å². The molecule has 172 valence electrons. The van der Waals surface area contributed by atoms with Crippen LogP contribution in [0.25, 0.3) is 0 Å². The van der Waals surface area contributed by atoms with Crippen molar-refractivity contribution in [3.05, 3.63) is 25.3 Å². The molecule has 6 atom stereocenters. The molecule has 8 heteroatoms. The second-order valence-corrected chi connectivity index (χ2v) is 10.3. The molecule has 7 nitrogen and oxygen atoms in total. The number of carbonyl (C=O) groups excluding carboxylic acids is 3. The normalized spacial score (nSPS) is 32.0. The van der Waals surface area contributed by atoms with E-state index in [1.165, 1.54) is 6.08 Å². The lowest BCUT2D eigenvalue weighted by molar-refractivity contribution is -0.153. The summed E-state index contributed by atoms with van der Waals surface area (Å²) < 4.78 is 4.68. The van der Waals surface area contributed by atoms with Gasteiger partial charge in [-0.05, 0) is 26.2 Å². The van der Waals surface area contributed by atoms with Gasteiger partial charge in [0.25, 0.3) is 0 Å². The quantitative estimate of drug-likeness (QED) is 0.383. The van der Waals surface area contributed by atoms with Gasteiger partial charge in [-0.3, -0.25) is 14.4 Å². The highest BCUT2D eigenvalue weighted by atomic mass is 32.2. The van der Waals surface area contributed by atoms with E-state index < -0.39 is 34.6 Å². The van der Waals surface area contributed by atoms with Gasteiger partial charge in [0.15, 0.2) is 0 Å². The first-order valence-electron chi connectivity index (χ1n) is 11.2.